The first-order chi connectivity index (χ1) is 16.4. The Hall–Kier alpha value is -3.06. The molecule has 4 rings (SSSR count). The molecule has 34 heavy (non-hydrogen) atoms. The average molecular weight is 465 g/mol. The summed E-state index contributed by atoms with van der Waals surface area (Å²) in [4.78, 5) is 0. The summed E-state index contributed by atoms with van der Waals surface area (Å²) in [6.45, 7) is 3.79. The van der Waals surface area contributed by atoms with Gasteiger partial charge in [0.15, 0.2) is 11.6 Å². The number of allylic oxidation sites excluding steroid dienone is 1. The molecule has 0 spiro atoms. The van der Waals surface area contributed by atoms with Crippen molar-refractivity contribution in [1.29, 1.82) is 0 Å². The Morgan fingerprint density at radius 1 is 0.794 bits per heavy atom. The van der Waals surface area contributed by atoms with Crippen molar-refractivity contribution in [3.8, 4) is 11.8 Å². The van der Waals surface area contributed by atoms with Gasteiger partial charge in [0.2, 0.25) is 0 Å². The van der Waals surface area contributed by atoms with Crippen LogP contribution in [0.15, 0.2) is 55.1 Å². The number of aryl methyl sites for hydroxylation is 1. The van der Waals surface area contributed by atoms with Gasteiger partial charge in [-0.3, -0.25) is 0 Å². The van der Waals surface area contributed by atoms with E-state index >= 15 is 0 Å². The van der Waals surface area contributed by atoms with E-state index in [1.807, 2.05) is 6.08 Å². The predicted molar refractivity (Wildman–Crippen MR) is 129 cm³/mol. The van der Waals surface area contributed by atoms with E-state index in [0.29, 0.717) is 28.9 Å². The van der Waals surface area contributed by atoms with Crippen LogP contribution >= 0.6 is 0 Å². The van der Waals surface area contributed by atoms with Gasteiger partial charge in [-0.25, -0.2) is 17.6 Å². The summed E-state index contributed by atoms with van der Waals surface area (Å²) in [6, 6.07) is 9.74. The fourth-order valence-electron chi connectivity index (χ4n) is 4.90. The Morgan fingerprint density at radius 2 is 1.47 bits per heavy atom. The van der Waals surface area contributed by atoms with Crippen LogP contribution in [-0.2, 0) is 6.42 Å². The second kappa shape index (κ2) is 10.9. The summed E-state index contributed by atoms with van der Waals surface area (Å²) < 4.78 is 56.5. The summed E-state index contributed by atoms with van der Waals surface area (Å²) in [7, 11) is 0. The number of hydrogen-bond donors (Lipinski definition) is 0. The first-order valence-corrected chi connectivity index (χ1v) is 11.9. The Morgan fingerprint density at radius 3 is 2.15 bits per heavy atom. The molecular formula is C30H28F4. The van der Waals surface area contributed by atoms with Crippen LogP contribution in [0.25, 0.3) is 10.8 Å². The maximum Gasteiger partial charge on any atom is 0.166 e. The highest BCUT2D eigenvalue weighted by Gasteiger charge is 2.21. The highest BCUT2D eigenvalue weighted by molar-refractivity contribution is 5.84. The second-order valence-corrected chi connectivity index (χ2v) is 9.27. The molecule has 0 amide bonds. The van der Waals surface area contributed by atoms with Crippen molar-refractivity contribution >= 4 is 10.8 Å². The third-order valence-corrected chi connectivity index (χ3v) is 6.93. The molecule has 0 bridgehead atoms. The van der Waals surface area contributed by atoms with Crippen LogP contribution in [0.4, 0.5) is 17.6 Å². The van der Waals surface area contributed by atoms with Gasteiger partial charge in [-0.1, -0.05) is 55.7 Å². The molecule has 176 valence electrons. The topological polar surface area (TPSA) is 0 Å². The van der Waals surface area contributed by atoms with Gasteiger partial charge in [0.1, 0.15) is 11.6 Å². The minimum absolute atomic E-state index is 0.137. The molecule has 3 aromatic rings. The summed E-state index contributed by atoms with van der Waals surface area (Å²) in [5, 5.41) is 0.606. The minimum atomic E-state index is -0.926. The molecule has 0 atom stereocenters. The van der Waals surface area contributed by atoms with Crippen LogP contribution in [0, 0.1) is 46.9 Å². The molecule has 0 unspecified atom stereocenters. The molecular weight excluding hydrogens is 436 g/mol. The second-order valence-electron chi connectivity index (χ2n) is 9.27. The van der Waals surface area contributed by atoms with E-state index in [0.717, 1.165) is 24.8 Å². The van der Waals surface area contributed by atoms with Gasteiger partial charge in [-0.05, 0) is 78.8 Å². The van der Waals surface area contributed by atoms with Gasteiger partial charge < -0.3 is 0 Å². The van der Waals surface area contributed by atoms with Crippen LogP contribution in [0.2, 0.25) is 0 Å². The first kappa shape index (κ1) is 24.1. The summed E-state index contributed by atoms with van der Waals surface area (Å²) in [5.41, 5.74) is 0.833. The summed E-state index contributed by atoms with van der Waals surface area (Å²) in [6.07, 6.45) is 10.7. The van der Waals surface area contributed by atoms with Gasteiger partial charge in [-0.2, -0.15) is 0 Å². The lowest BCUT2D eigenvalue weighted by Crippen LogP contribution is -2.15. The molecule has 1 aliphatic carbocycles. The van der Waals surface area contributed by atoms with Gasteiger partial charge in [0.05, 0.1) is 5.56 Å². The molecule has 0 heterocycles. The summed E-state index contributed by atoms with van der Waals surface area (Å²) >= 11 is 0. The normalized spacial score (nSPS) is 17.9. The van der Waals surface area contributed by atoms with Crippen LogP contribution in [0.5, 0.6) is 0 Å². The van der Waals surface area contributed by atoms with Crippen LogP contribution in [0.3, 0.4) is 0 Å². The quantitative estimate of drug-likeness (QED) is 0.195. The first-order valence-electron chi connectivity index (χ1n) is 11.9. The highest BCUT2D eigenvalue weighted by Crippen LogP contribution is 2.34. The van der Waals surface area contributed by atoms with E-state index < -0.39 is 23.3 Å². The highest BCUT2D eigenvalue weighted by atomic mass is 19.2. The van der Waals surface area contributed by atoms with Crippen LogP contribution < -0.4 is 0 Å². The molecule has 3 aromatic carbocycles. The standard InChI is InChI=1S/C30H28F4/c1-2-3-4-20-5-7-21(8-6-20)9-10-23-18-28(32)26(29(33)19-23)15-12-22-11-14-25-24(17-22)13-16-27(31)30(25)34/h2,11,13-14,16-21H,1,3-10H2. The molecule has 0 nitrogen and oxygen atoms in total. The third-order valence-electron chi connectivity index (χ3n) is 6.93. The van der Waals surface area contributed by atoms with E-state index in [4.69, 9.17) is 0 Å². The summed E-state index contributed by atoms with van der Waals surface area (Å²) in [5.74, 6) is 3.49. The lowest BCUT2D eigenvalue weighted by molar-refractivity contribution is 0.254. The Labute approximate surface area is 198 Å². The number of hydrogen-bond acceptors (Lipinski definition) is 0. The van der Waals surface area contributed by atoms with E-state index in [9.17, 15) is 17.6 Å². The lowest BCUT2D eigenvalue weighted by atomic mass is 9.78. The van der Waals surface area contributed by atoms with Crippen molar-refractivity contribution in [2.45, 2.75) is 51.4 Å². The van der Waals surface area contributed by atoms with Gasteiger partial charge >= 0.3 is 0 Å². The number of rotatable bonds is 6. The maximum absolute atomic E-state index is 14.7. The van der Waals surface area contributed by atoms with Crippen LogP contribution in [-0.4, -0.2) is 0 Å². The van der Waals surface area contributed by atoms with E-state index in [2.05, 4.69) is 18.4 Å². The zero-order valence-electron chi connectivity index (χ0n) is 19.1. The van der Waals surface area contributed by atoms with Crippen molar-refractivity contribution in [3.63, 3.8) is 0 Å². The predicted octanol–water partition coefficient (Wildman–Crippen LogP) is 8.50. The van der Waals surface area contributed by atoms with Crippen molar-refractivity contribution in [3.05, 3.63) is 95.1 Å². The molecule has 0 N–H and O–H groups in total. The molecule has 1 fully saturated rings. The number of fused-ring (bicyclic) bond motifs is 1. The van der Waals surface area contributed by atoms with Crippen molar-refractivity contribution in [2.75, 3.05) is 0 Å². The SMILES string of the molecule is C=CCCC1CCC(CCc2cc(F)c(C#Cc3ccc4c(F)c(F)ccc4c3)c(F)c2)CC1. The average Bonchev–Trinajstić information content (AvgIpc) is 2.84. The zero-order chi connectivity index (χ0) is 24.1. The molecule has 0 saturated heterocycles. The van der Waals surface area contributed by atoms with E-state index in [1.54, 1.807) is 6.07 Å². The van der Waals surface area contributed by atoms with Crippen molar-refractivity contribution in [1.82, 2.24) is 0 Å². The number of benzene rings is 3. The van der Waals surface area contributed by atoms with Gasteiger partial charge in [0, 0.05) is 10.9 Å². The zero-order valence-corrected chi connectivity index (χ0v) is 19.1. The number of halogens is 4. The molecule has 0 aliphatic heterocycles. The molecule has 4 heteroatoms. The van der Waals surface area contributed by atoms with E-state index in [1.165, 1.54) is 62.4 Å². The smallest absolute Gasteiger partial charge is 0.166 e. The fraction of sp³-hybridized carbons (Fsp3) is 0.333. The molecule has 0 radical (unpaired) electrons. The van der Waals surface area contributed by atoms with Gasteiger partial charge in [0.25, 0.3) is 0 Å². The van der Waals surface area contributed by atoms with Crippen molar-refractivity contribution in [2.24, 2.45) is 11.8 Å². The Bertz CT molecular complexity index is 1220. The Balaban J connectivity index is 1.41. The van der Waals surface area contributed by atoms with Crippen LogP contribution in [0.1, 0.15) is 61.6 Å². The fourth-order valence-corrected chi connectivity index (χ4v) is 4.90. The van der Waals surface area contributed by atoms with Gasteiger partial charge in [-0.15, -0.1) is 6.58 Å². The maximum atomic E-state index is 14.7. The third kappa shape index (κ3) is 5.70. The molecule has 1 saturated carbocycles. The monoisotopic (exact) mass is 464 g/mol. The lowest BCUT2D eigenvalue weighted by Gasteiger charge is -2.28. The largest absolute Gasteiger partial charge is 0.206 e. The molecule has 0 aromatic heterocycles. The van der Waals surface area contributed by atoms with E-state index in [-0.39, 0.29) is 10.9 Å². The van der Waals surface area contributed by atoms with Crippen molar-refractivity contribution < 1.29 is 17.6 Å². The molecule has 1 aliphatic rings. The minimum Gasteiger partial charge on any atom is -0.206 e. The Kier molecular flexibility index (Phi) is 7.73.